The Bertz CT molecular complexity index is 1100. The number of hydrogen-bond donors (Lipinski definition) is 1. The number of aromatic nitrogens is 2. The molecule has 0 aliphatic carbocycles. The topological polar surface area (TPSA) is 87.9 Å². The minimum Gasteiger partial charge on any atom is -0.507 e. The van der Waals surface area contributed by atoms with Gasteiger partial charge in [0.15, 0.2) is 0 Å². The molecule has 2 saturated heterocycles. The highest BCUT2D eigenvalue weighted by Gasteiger charge is 2.46. The fourth-order valence-corrected chi connectivity index (χ4v) is 4.67. The first-order valence-corrected chi connectivity index (χ1v) is 11.1. The van der Waals surface area contributed by atoms with Crippen LogP contribution in [-0.2, 0) is 21.4 Å². The third-order valence-electron chi connectivity index (χ3n) is 6.43. The Balaban J connectivity index is 1.72. The van der Waals surface area contributed by atoms with Crippen LogP contribution in [0.4, 0.5) is 4.39 Å². The molecule has 0 radical (unpaired) electrons. The number of Topliss-reactive ketones (excluding diaryl/α,β-unsaturated/α-hetero) is 1. The van der Waals surface area contributed by atoms with Crippen LogP contribution in [0.5, 0.6) is 0 Å². The molecule has 1 atom stereocenters. The molecule has 0 saturated carbocycles. The Morgan fingerprint density at radius 2 is 1.94 bits per heavy atom. The first kappa shape index (κ1) is 23.1. The zero-order chi connectivity index (χ0) is 23.7. The Morgan fingerprint density at radius 1 is 1.21 bits per heavy atom. The fourth-order valence-electron chi connectivity index (χ4n) is 4.67. The number of morpholine rings is 1. The maximum Gasteiger partial charge on any atom is 0.295 e. The summed E-state index contributed by atoms with van der Waals surface area (Å²) in [5.41, 5.74) is 2.05. The lowest BCUT2D eigenvalue weighted by atomic mass is 9.94. The number of ketones is 1. The van der Waals surface area contributed by atoms with Gasteiger partial charge >= 0.3 is 0 Å². The van der Waals surface area contributed by atoms with E-state index in [1.54, 1.807) is 37.7 Å². The van der Waals surface area contributed by atoms with Crippen LogP contribution < -0.4 is 0 Å². The maximum absolute atomic E-state index is 14.1. The minimum absolute atomic E-state index is 0.0313. The van der Waals surface area contributed by atoms with Crippen LogP contribution in [0.15, 0.2) is 29.8 Å². The number of benzene rings is 1. The number of carbonyl (C=O) groups excluding carboxylic acids is 2. The standard InChI is InChI=1S/C24H29FN4O4/c1-15-19(16(2)27(3)26-15)22(30)20-21(17-6-4-7-18(25)14-17)29(24(32)23(20)31)9-5-8-28-10-12-33-13-11-28/h4,6-7,14,21,30H,5,8-13H2,1-3H3/t21-/m0/s1. The van der Waals surface area contributed by atoms with E-state index < -0.39 is 23.5 Å². The molecule has 1 N–H and O–H groups in total. The van der Waals surface area contributed by atoms with Crippen molar-refractivity contribution in [2.75, 3.05) is 39.4 Å². The summed E-state index contributed by atoms with van der Waals surface area (Å²) in [7, 11) is 1.74. The average molecular weight is 457 g/mol. The fraction of sp³-hybridized carbons (Fsp3) is 0.458. The molecule has 0 bridgehead atoms. The van der Waals surface area contributed by atoms with Gasteiger partial charge in [-0.25, -0.2) is 4.39 Å². The van der Waals surface area contributed by atoms with E-state index in [0.29, 0.717) is 48.7 Å². The number of aryl methyl sites for hydroxylation is 2. The number of nitrogens with zero attached hydrogens (tertiary/aromatic N) is 4. The summed E-state index contributed by atoms with van der Waals surface area (Å²) < 4.78 is 21.1. The second kappa shape index (κ2) is 9.44. The molecule has 2 aromatic rings. The van der Waals surface area contributed by atoms with Crippen molar-refractivity contribution >= 4 is 17.4 Å². The molecular weight excluding hydrogens is 427 g/mol. The van der Waals surface area contributed by atoms with Crippen LogP contribution >= 0.6 is 0 Å². The molecule has 0 unspecified atom stereocenters. The summed E-state index contributed by atoms with van der Waals surface area (Å²) in [5.74, 6) is -2.20. The highest BCUT2D eigenvalue weighted by Crippen LogP contribution is 2.40. The van der Waals surface area contributed by atoms with Gasteiger partial charge in [-0.05, 0) is 38.0 Å². The number of amides is 1. The summed E-state index contributed by atoms with van der Waals surface area (Å²) in [6.45, 7) is 7.59. The Kier molecular flexibility index (Phi) is 6.62. The molecule has 1 aromatic carbocycles. The monoisotopic (exact) mass is 456 g/mol. The second-order valence-electron chi connectivity index (χ2n) is 8.52. The number of carbonyl (C=O) groups is 2. The van der Waals surface area contributed by atoms with E-state index in [9.17, 15) is 19.1 Å². The lowest BCUT2D eigenvalue weighted by Crippen LogP contribution is -2.39. The number of halogens is 1. The minimum atomic E-state index is -0.871. The summed E-state index contributed by atoms with van der Waals surface area (Å²) in [6, 6.07) is 4.96. The van der Waals surface area contributed by atoms with Crippen LogP contribution in [0.2, 0.25) is 0 Å². The summed E-state index contributed by atoms with van der Waals surface area (Å²) in [6.07, 6.45) is 0.643. The molecule has 3 heterocycles. The number of rotatable bonds is 6. The normalized spacial score (nSPS) is 21.2. The SMILES string of the molecule is Cc1nn(C)c(C)c1C(O)=C1C(=O)C(=O)N(CCCN2CCOCC2)[C@H]1c1cccc(F)c1. The van der Waals surface area contributed by atoms with Gasteiger partial charge in [-0.3, -0.25) is 19.2 Å². The summed E-state index contributed by atoms with van der Waals surface area (Å²) in [5, 5.41) is 15.6. The van der Waals surface area contributed by atoms with Gasteiger partial charge in [0.05, 0.1) is 36.1 Å². The van der Waals surface area contributed by atoms with E-state index in [2.05, 4.69) is 10.00 Å². The predicted octanol–water partition coefficient (Wildman–Crippen LogP) is 2.32. The van der Waals surface area contributed by atoms with Gasteiger partial charge in [-0.1, -0.05) is 12.1 Å². The molecule has 2 aliphatic heterocycles. The lowest BCUT2D eigenvalue weighted by molar-refractivity contribution is -0.140. The second-order valence-corrected chi connectivity index (χ2v) is 8.52. The predicted molar refractivity (Wildman–Crippen MR) is 120 cm³/mol. The molecule has 1 amide bonds. The Hall–Kier alpha value is -3.04. The van der Waals surface area contributed by atoms with Gasteiger partial charge in [0, 0.05) is 38.9 Å². The van der Waals surface area contributed by atoms with E-state index >= 15 is 0 Å². The molecular formula is C24H29FN4O4. The summed E-state index contributed by atoms with van der Waals surface area (Å²) in [4.78, 5) is 29.9. The third-order valence-corrected chi connectivity index (χ3v) is 6.43. The van der Waals surface area contributed by atoms with E-state index in [1.165, 1.54) is 17.0 Å². The summed E-state index contributed by atoms with van der Waals surface area (Å²) >= 11 is 0. The van der Waals surface area contributed by atoms with Crippen molar-refractivity contribution in [1.29, 1.82) is 0 Å². The maximum atomic E-state index is 14.1. The molecule has 0 spiro atoms. The highest BCUT2D eigenvalue weighted by atomic mass is 19.1. The quantitative estimate of drug-likeness (QED) is 0.408. The van der Waals surface area contributed by atoms with Gasteiger partial charge in [0.1, 0.15) is 11.6 Å². The van der Waals surface area contributed by atoms with E-state index in [4.69, 9.17) is 4.74 Å². The molecule has 4 rings (SSSR count). The molecule has 2 aliphatic rings. The third kappa shape index (κ3) is 4.43. The van der Waals surface area contributed by atoms with Gasteiger partial charge in [-0.2, -0.15) is 5.10 Å². The Morgan fingerprint density at radius 3 is 2.58 bits per heavy atom. The Labute approximate surface area is 192 Å². The smallest absolute Gasteiger partial charge is 0.295 e. The van der Waals surface area contributed by atoms with E-state index in [-0.39, 0.29) is 11.3 Å². The molecule has 2 fully saturated rings. The van der Waals surface area contributed by atoms with Gasteiger partial charge in [0.2, 0.25) is 0 Å². The van der Waals surface area contributed by atoms with E-state index in [0.717, 1.165) is 19.6 Å². The average Bonchev–Trinajstić information content (AvgIpc) is 3.20. The van der Waals surface area contributed by atoms with Crippen molar-refractivity contribution in [3.63, 3.8) is 0 Å². The van der Waals surface area contributed by atoms with Gasteiger partial charge in [-0.15, -0.1) is 0 Å². The zero-order valence-electron chi connectivity index (χ0n) is 19.2. The van der Waals surface area contributed by atoms with Crippen LogP contribution in [0, 0.1) is 19.7 Å². The van der Waals surface area contributed by atoms with E-state index in [1.807, 2.05) is 0 Å². The number of likely N-dealkylation sites (tertiary alicyclic amines) is 1. The zero-order valence-corrected chi connectivity index (χ0v) is 19.2. The van der Waals surface area contributed by atoms with Gasteiger partial charge in [0.25, 0.3) is 11.7 Å². The number of aliphatic hydroxyl groups is 1. The first-order valence-electron chi connectivity index (χ1n) is 11.1. The largest absolute Gasteiger partial charge is 0.507 e. The molecule has 176 valence electrons. The van der Waals surface area contributed by atoms with Crippen molar-refractivity contribution in [1.82, 2.24) is 19.6 Å². The van der Waals surface area contributed by atoms with Crippen molar-refractivity contribution < 1.29 is 23.8 Å². The highest BCUT2D eigenvalue weighted by molar-refractivity contribution is 6.46. The molecule has 9 heteroatoms. The number of aliphatic hydroxyl groups excluding tert-OH is 1. The molecule has 33 heavy (non-hydrogen) atoms. The molecule has 8 nitrogen and oxygen atoms in total. The van der Waals surface area contributed by atoms with Gasteiger partial charge < -0.3 is 14.7 Å². The van der Waals surface area contributed by atoms with Crippen LogP contribution in [0.1, 0.15) is 35.0 Å². The van der Waals surface area contributed by atoms with Crippen molar-refractivity contribution in [2.45, 2.75) is 26.3 Å². The van der Waals surface area contributed by atoms with Crippen molar-refractivity contribution in [2.24, 2.45) is 7.05 Å². The van der Waals surface area contributed by atoms with Crippen molar-refractivity contribution in [3.05, 3.63) is 58.2 Å². The molecule has 1 aromatic heterocycles. The lowest BCUT2D eigenvalue weighted by Gasteiger charge is -2.29. The van der Waals surface area contributed by atoms with Crippen molar-refractivity contribution in [3.8, 4) is 0 Å². The van der Waals surface area contributed by atoms with Crippen LogP contribution in [-0.4, -0.2) is 75.8 Å². The number of hydrogen-bond acceptors (Lipinski definition) is 6. The number of ether oxygens (including phenoxy) is 1. The van der Waals surface area contributed by atoms with Crippen LogP contribution in [0.25, 0.3) is 5.76 Å². The van der Waals surface area contributed by atoms with Crippen LogP contribution in [0.3, 0.4) is 0 Å². The first-order chi connectivity index (χ1) is 15.8.